The first-order valence-electron chi connectivity index (χ1n) is 4.88. The maximum absolute atomic E-state index is 5.30. The van der Waals surface area contributed by atoms with Crippen molar-refractivity contribution in [2.45, 2.75) is 6.61 Å². The number of hydrogen-bond donors (Lipinski definition) is 1. The van der Waals surface area contributed by atoms with Crippen LogP contribution in [-0.4, -0.2) is 28.3 Å². The number of rotatable bonds is 5. The molecule has 1 rings (SSSR count). The topological polar surface area (TPSA) is 57.0 Å². The predicted octanol–water partition coefficient (Wildman–Crippen LogP) is 1.16. The highest BCUT2D eigenvalue weighted by Crippen LogP contribution is 2.34. The van der Waals surface area contributed by atoms with Crippen LogP contribution in [0, 0.1) is 0 Å². The molecule has 16 heavy (non-hydrogen) atoms. The van der Waals surface area contributed by atoms with E-state index in [4.69, 9.17) is 15.4 Å². The molecule has 0 amide bonds. The molecule has 0 aliphatic rings. The van der Waals surface area contributed by atoms with E-state index in [1.807, 2.05) is 31.1 Å². The lowest BCUT2D eigenvalue weighted by atomic mass is 10.1. The molecule has 0 fully saturated rings. The van der Waals surface area contributed by atoms with Gasteiger partial charge in [-0.05, 0) is 6.07 Å². The van der Waals surface area contributed by atoms with Crippen molar-refractivity contribution in [1.82, 2.24) is 0 Å². The first-order chi connectivity index (χ1) is 7.63. The smallest absolute Gasteiger partial charge is 0.142 e. The van der Waals surface area contributed by atoms with E-state index in [1.54, 1.807) is 14.2 Å². The molecule has 0 aromatic heterocycles. The van der Waals surface area contributed by atoms with Gasteiger partial charge in [-0.1, -0.05) is 0 Å². The summed E-state index contributed by atoms with van der Waals surface area (Å²) in [6, 6.07) is 3.76. The van der Waals surface area contributed by atoms with Crippen molar-refractivity contribution < 1.29 is 14.3 Å². The molecule has 0 saturated carbocycles. The summed E-state index contributed by atoms with van der Waals surface area (Å²) in [5.41, 5.74) is 1.80. The normalized spacial score (nSPS) is 10.1. The SMILES string of the molecule is COc1cc(N(C)C)c(OC)cc1CON. The minimum Gasteiger partial charge on any atom is -0.496 e. The molecular formula is C11H18N2O3. The molecule has 1 aromatic carbocycles. The second-order valence-electron chi connectivity index (χ2n) is 3.54. The summed E-state index contributed by atoms with van der Waals surface area (Å²) in [4.78, 5) is 6.57. The average molecular weight is 226 g/mol. The van der Waals surface area contributed by atoms with Crippen molar-refractivity contribution in [1.29, 1.82) is 0 Å². The second kappa shape index (κ2) is 5.58. The quantitative estimate of drug-likeness (QED) is 0.763. The number of nitrogens with zero attached hydrogens (tertiary/aromatic N) is 1. The third-order valence-corrected chi connectivity index (χ3v) is 2.30. The van der Waals surface area contributed by atoms with Crippen LogP contribution in [0.25, 0.3) is 0 Å². The molecule has 0 aliphatic carbocycles. The number of benzene rings is 1. The Kier molecular flexibility index (Phi) is 4.39. The fourth-order valence-electron chi connectivity index (χ4n) is 1.50. The summed E-state index contributed by atoms with van der Waals surface area (Å²) in [6.45, 7) is 0.285. The largest absolute Gasteiger partial charge is 0.496 e. The van der Waals surface area contributed by atoms with Crippen LogP contribution in [-0.2, 0) is 11.4 Å². The van der Waals surface area contributed by atoms with Gasteiger partial charge < -0.3 is 14.4 Å². The predicted molar refractivity (Wildman–Crippen MR) is 62.8 cm³/mol. The van der Waals surface area contributed by atoms with Crippen LogP contribution in [0.15, 0.2) is 12.1 Å². The average Bonchev–Trinajstić information content (AvgIpc) is 2.28. The molecule has 5 nitrogen and oxygen atoms in total. The highest BCUT2D eigenvalue weighted by Gasteiger charge is 2.12. The van der Waals surface area contributed by atoms with Crippen LogP contribution in [0.3, 0.4) is 0 Å². The van der Waals surface area contributed by atoms with Crippen LogP contribution in [0.4, 0.5) is 5.69 Å². The highest BCUT2D eigenvalue weighted by atomic mass is 16.6. The fourth-order valence-corrected chi connectivity index (χ4v) is 1.50. The molecule has 5 heteroatoms. The Labute approximate surface area is 95.7 Å². The summed E-state index contributed by atoms with van der Waals surface area (Å²) in [6.07, 6.45) is 0. The minimum absolute atomic E-state index is 0.285. The van der Waals surface area contributed by atoms with E-state index in [9.17, 15) is 0 Å². The fraction of sp³-hybridized carbons (Fsp3) is 0.455. The number of methoxy groups -OCH3 is 2. The van der Waals surface area contributed by atoms with Gasteiger partial charge in [-0.25, -0.2) is 5.90 Å². The van der Waals surface area contributed by atoms with E-state index in [-0.39, 0.29) is 6.61 Å². The zero-order valence-electron chi connectivity index (χ0n) is 10.1. The lowest BCUT2D eigenvalue weighted by Gasteiger charge is -2.19. The summed E-state index contributed by atoms with van der Waals surface area (Å²) in [7, 11) is 7.12. The number of anilines is 1. The van der Waals surface area contributed by atoms with Crippen molar-refractivity contribution in [3.05, 3.63) is 17.7 Å². The molecule has 0 heterocycles. The van der Waals surface area contributed by atoms with Gasteiger partial charge in [-0.15, -0.1) is 0 Å². The third-order valence-electron chi connectivity index (χ3n) is 2.30. The van der Waals surface area contributed by atoms with Crippen molar-refractivity contribution in [2.75, 3.05) is 33.2 Å². The monoisotopic (exact) mass is 226 g/mol. The maximum Gasteiger partial charge on any atom is 0.142 e. The third kappa shape index (κ3) is 2.56. The van der Waals surface area contributed by atoms with Gasteiger partial charge in [0.15, 0.2) is 0 Å². The first kappa shape index (κ1) is 12.6. The molecule has 1 aromatic rings. The minimum atomic E-state index is 0.285. The second-order valence-corrected chi connectivity index (χ2v) is 3.54. The van der Waals surface area contributed by atoms with Gasteiger partial charge in [0, 0.05) is 25.7 Å². The molecule has 0 radical (unpaired) electrons. The molecule has 0 aliphatic heterocycles. The Morgan fingerprint density at radius 2 is 1.75 bits per heavy atom. The first-order valence-corrected chi connectivity index (χ1v) is 4.88. The van der Waals surface area contributed by atoms with E-state index in [1.165, 1.54) is 0 Å². The molecule has 90 valence electrons. The van der Waals surface area contributed by atoms with Crippen LogP contribution in [0.2, 0.25) is 0 Å². The van der Waals surface area contributed by atoms with Crippen LogP contribution in [0.5, 0.6) is 11.5 Å². The molecule has 0 saturated heterocycles. The summed E-state index contributed by atoms with van der Waals surface area (Å²) < 4.78 is 10.6. The molecule has 0 spiro atoms. The van der Waals surface area contributed by atoms with Crippen molar-refractivity contribution in [3.63, 3.8) is 0 Å². The lowest BCUT2D eigenvalue weighted by molar-refractivity contribution is 0.122. The van der Waals surface area contributed by atoms with Crippen LogP contribution < -0.4 is 20.3 Å². The Morgan fingerprint density at radius 3 is 2.19 bits per heavy atom. The lowest BCUT2D eigenvalue weighted by Crippen LogP contribution is -2.11. The van der Waals surface area contributed by atoms with Gasteiger partial charge in [0.05, 0.1) is 26.5 Å². The van der Waals surface area contributed by atoms with Gasteiger partial charge in [0.1, 0.15) is 11.5 Å². The van der Waals surface area contributed by atoms with Gasteiger partial charge in [0.25, 0.3) is 0 Å². The molecule has 0 atom stereocenters. The van der Waals surface area contributed by atoms with E-state index < -0.39 is 0 Å². The van der Waals surface area contributed by atoms with E-state index >= 15 is 0 Å². The summed E-state index contributed by atoms with van der Waals surface area (Å²) >= 11 is 0. The van der Waals surface area contributed by atoms with E-state index in [0.717, 1.165) is 22.7 Å². The van der Waals surface area contributed by atoms with E-state index in [2.05, 4.69) is 4.84 Å². The number of hydrogen-bond acceptors (Lipinski definition) is 5. The molecule has 2 N–H and O–H groups in total. The van der Waals surface area contributed by atoms with Gasteiger partial charge in [-0.3, -0.25) is 4.84 Å². The molecule has 0 unspecified atom stereocenters. The van der Waals surface area contributed by atoms with Gasteiger partial charge >= 0.3 is 0 Å². The van der Waals surface area contributed by atoms with Crippen LogP contribution >= 0.6 is 0 Å². The number of nitrogens with two attached hydrogens (primary N) is 1. The van der Waals surface area contributed by atoms with Crippen molar-refractivity contribution in [3.8, 4) is 11.5 Å². The Hall–Kier alpha value is -1.46. The maximum atomic E-state index is 5.30. The van der Waals surface area contributed by atoms with Gasteiger partial charge in [0.2, 0.25) is 0 Å². The van der Waals surface area contributed by atoms with Gasteiger partial charge in [-0.2, -0.15) is 0 Å². The molecular weight excluding hydrogens is 208 g/mol. The zero-order valence-corrected chi connectivity index (χ0v) is 10.1. The standard InChI is InChI=1S/C11H18N2O3/c1-13(2)9-6-10(14-3)8(7-16-12)5-11(9)15-4/h5-6H,7,12H2,1-4H3. The summed E-state index contributed by atoms with van der Waals surface area (Å²) in [5, 5.41) is 0. The highest BCUT2D eigenvalue weighted by molar-refractivity contribution is 5.63. The Balaban J connectivity index is 3.22. The van der Waals surface area contributed by atoms with Crippen molar-refractivity contribution >= 4 is 5.69 Å². The Morgan fingerprint density at radius 1 is 1.12 bits per heavy atom. The zero-order chi connectivity index (χ0) is 12.1. The van der Waals surface area contributed by atoms with Crippen LogP contribution in [0.1, 0.15) is 5.56 Å². The summed E-state index contributed by atoms with van der Waals surface area (Å²) in [5.74, 6) is 6.56. The number of ether oxygens (including phenoxy) is 2. The molecule has 0 bridgehead atoms. The Bertz CT molecular complexity index is 353. The van der Waals surface area contributed by atoms with Crippen molar-refractivity contribution in [2.24, 2.45) is 5.90 Å². The van der Waals surface area contributed by atoms with E-state index in [0.29, 0.717) is 0 Å².